The highest BCUT2D eigenvalue weighted by molar-refractivity contribution is 7.22. The average Bonchev–Trinajstić information content (AvgIpc) is 3.24. The molecule has 0 spiro atoms. The molecule has 8 nitrogen and oxygen atoms in total. The molecule has 0 unspecified atom stereocenters. The minimum absolute atomic E-state index is 0.139. The third-order valence-electron chi connectivity index (χ3n) is 4.99. The van der Waals surface area contributed by atoms with Gasteiger partial charge in [-0.15, -0.1) is 11.3 Å². The molecule has 170 valence electrons. The fourth-order valence-electron chi connectivity index (χ4n) is 3.42. The van der Waals surface area contributed by atoms with Gasteiger partial charge in [-0.05, 0) is 55.1 Å². The molecule has 4 aromatic rings. The minimum atomic E-state index is -0.186. The summed E-state index contributed by atoms with van der Waals surface area (Å²) in [6.07, 6.45) is 0. The normalized spacial score (nSPS) is 11.0. The second kappa shape index (κ2) is 9.85. The van der Waals surface area contributed by atoms with Crippen molar-refractivity contribution in [2.75, 3.05) is 33.1 Å². The topological polar surface area (TPSA) is 96.5 Å². The van der Waals surface area contributed by atoms with Crippen LogP contribution in [0.25, 0.3) is 20.7 Å². The van der Waals surface area contributed by atoms with Gasteiger partial charge in [0.05, 0.1) is 32.8 Å². The van der Waals surface area contributed by atoms with Gasteiger partial charge in [0.1, 0.15) is 22.0 Å². The maximum absolute atomic E-state index is 12.6. The molecule has 2 aromatic carbocycles. The van der Waals surface area contributed by atoms with Crippen LogP contribution >= 0.6 is 11.3 Å². The Morgan fingerprint density at radius 2 is 1.85 bits per heavy atom. The molecule has 0 radical (unpaired) electrons. The first kappa shape index (κ1) is 22.5. The Kier molecular flexibility index (Phi) is 6.71. The number of anilines is 1. The zero-order valence-electron chi connectivity index (χ0n) is 18.5. The van der Waals surface area contributed by atoms with Gasteiger partial charge in [-0.1, -0.05) is 6.07 Å². The van der Waals surface area contributed by atoms with Gasteiger partial charge in [0.15, 0.2) is 0 Å². The molecule has 33 heavy (non-hydrogen) atoms. The van der Waals surface area contributed by atoms with E-state index in [1.807, 2.05) is 42.5 Å². The second-order valence-corrected chi connectivity index (χ2v) is 8.57. The van der Waals surface area contributed by atoms with Gasteiger partial charge >= 0.3 is 0 Å². The first-order valence-corrected chi connectivity index (χ1v) is 11.1. The van der Waals surface area contributed by atoms with E-state index in [1.165, 1.54) is 11.3 Å². The van der Waals surface area contributed by atoms with Crippen molar-refractivity contribution in [3.05, 3.63) is 70.8 Å². The lowest BCUT2D eigenvalue weighted by molar-refractivity contribution is -0.117. The number of nitrogens with zero attached hydrogens (tertiary/aromatic N) is 2. The number of nitrogens with one attached hydrogen (secondary N) is 2. The highest BCUT2D eigenvalue weighted by Crippen LogP contribution is 2.31. The summed E-state index contributed by atoms with van der Waals surface area (Å²) in [6.45, 7) is 0.462. The number of benzene rings is 2. The Morgan fingerprint density at radius 1 is 1.09 bits per heavy atom. The number of carbonyl (C=O) groups is 1. The van der Waals surface area contributed by atoms with Crippen LogP contribution in [0.2, 0.25) is 0 Å². The number of hydrogen-bond donors (Lipinski definition) is 2. The van der Waals surface area contributed by atoms with Crippen LogP contribution in [-0.2, 0) is 11.3 Å². The molecular formula is C24H24N4O4S. The molecule has 0 saturated carbocycles. The Balaban J connectivity index is 1.45. The Labute approximate surface area is 194 Å². The lowest BCUT2D eigenvalue weighted by Crippen LogP contribution is -2.31. The number of ether oxygens (including phenoxy) is 2. The van der Waals surface area contributed by atoms with Crippen LogP contribution in [0.3, 0.4) is 0 Å². The van der Waals surface area contributed by atoms with Crippen LogP contribution < -0.4 is 20.3 Å². The van der Waals surface area contributed by atoms with Gasteiger partial charge in [0.25, 0.3) is 5.56 Å². The molecular weight excluding hydrogens is 440 g/mol. The summed E-state index contributed by atoms with van der Waals surface area (Å²) in [5.41, 5.74) is 2.10. The maximum Gasteiger partial charge on any atom is 0.268 e. The minimum Gasteiger partial charge on any atom is -0.497 e. The van der Waals surface area contributed by atoms with Gasteiger partial charge in [-0.2, -0.15) is 0 Å². The summed E-state index contributed by atoms with van der Waals surface area (Å²) in [5, 5.41) is 2.84. The van der Waals surface area contributed by atoms with Crippen molar-refractivity contribution in [1.29, 1.82) is 0 Å². The van der Waals surface area contributed by atoms with Gasteiger partial charge < -0.3 is 19.8 Å². The van der Waals surface area contributed by atoms with Crippen molar-refractivity contribution in [1.82, 2.24) is 14.9 Å². The van der Waals surface area contributed by atoms with Crippen molar-refractivity contribution >= 4 is 33.1 Å². The third-order valence-corrected chi connectivity index (χ3v) is 6.17. The number of amides is 1. The first-order chi connectivity index (χ1) is 15.9. The van der Waals surface area contributed by atoms with E-state index >= 15 is 0 Å². The highest BCUT2D eigenvalue weighted by atomic mass is 32.1. The van der Waals surface area contributed by atoms with Crippen molar-refractivity contribution in [3.63, 3.8) is 0 Å². The van der Waals surface area contributed by atoms with E-state index in [1.54, 1.807) is 38.3 Å². The standard InChI is InChI=1S/C24H24N4O4S/c1-28(14-22(29)25-16-5-4-6-18(11-16)32-3)13-21-26-19-12-20(33-23(19)24(30)27-21)15-7-9-17(31-2)10-8-15/h4-12H,13-14H2,1-3H3,(H,25,29)(H,26,27,30). The predicted octanol–water partition coefficient (Wildman–Crippen LogP) is 3.74. The number of likely N-dealkylation sites (N-methyl/N-ethyl adjacent to an activating group) is 1. The molecule has 0 aliphatic heterocycles. The number of fused-ring (bicyclic) bond motifs is 1. The van der Waals surface area contributed by atoms with E-state index in [0.717, 1.165) is 16.2 Å². The van der Waals surface area contributed by atoms with E-state index in [2.05, 4.69) is 15.3 Å². The van der Waals surface area contributed by atoms with Crippen LogP contribution in [0.4, 0.5) is 5.69 Å². The predicted molar refractivity (Wildman–Crippen MR) is 130 cm³/mol. The van der Waals surface area contributed by atoms with Crippen LogP contribution in [0, 0.1) is 0 Å². The summed E-state index contributed by atoms with van der Waals surface area (Å²) in [7, 11) is 5.00. The summed E-state index contributed by atoms with van der Waals surface area (Å²) in [5.74, 6) is 1.77. The zero-order chi connectivity index (χ0) is 23.4. The van der Waals surface area contributed by atoms with Gasteiger partial charge in [-0.3, -0.25) is 14.5 Å². The molecule has 0 fully saturated rings. The molecule has 4 rings (SSSR count). The van der Waals surface area contributed by atoms with Crippen LogP contribution in [0.1, 0.15) is 5.82 Å². The van der Waals surface area contributed by atoms with E-state index in [9.17, 15) is 9.59 Å². The summed E-state index contributed by atoms with van der Waals surface area (Å²) < 4.78 is 11.0. The molecule has 0 aliphatic carbocycles. The molecule has 2 heterocycles. The lowest BCUT2D eigenvalue weighted by Gasteiger charge is -2.15. The summed E-state index contributed by atoms with van der Waals surface area (Å²) in [6, 6.07) is 16.7. The Hall–Kier alpha value is -3.69. The molecule has 0 atom stereocenters. The van der Waals surface area contributed by atoms with E-state index in [0.29, 0.717) is 34.0 Å². The highest BCUT2D eigenvalue weighted by Gasteiger charge is 2.13. The Morgan fingerprint density at radius 3 is 2.58 bits per heavy atom. The zero-order valence-corrected chi connectivity index (χ0v) is 19.4. The third kappa shape index (κ3) is 5.39. The van der Waals surface area contributed by atoms with Crippen LogP contribution in [0.5, 0.6) is 11.5 Å². The SMILES string of the molecule is COc1ccc(-c2cc3nc(CN(C)CC(=O)Nc4cccc(OC)c4)[nH]c(=O)c3s2)cc1. The number of hydrogen-bond acceptors (Lipinski definition) is 7. The molecule has 0 saturated heterocycles. The monoisotopic (exact) mass is 464 g/mol. The average molecular weight is 465 g/mol. The summed E-state index contributed by atoms with van der Waals surface area (Å²) >= 11 is 1.40. The maximum atomic E-state index is 12.6. The van der Waals surface area contributed by atoms with E-state index in [-0.39, 0.29) is 18.0 Å². The molecule has 1 amide bonds. The molecule has 2 aromatic heterocycles. The lowest BCUT2D eigenvalue weighted by atomic mass is 10.2. The number of aromatic amines is 1. The van der Waals surface area contributed by atoms with Crippen LogP contribution in [0.15, 0.2) is 59.4 Å². The number of methoxy groups -OCH3 is 2. The van der Waals surface area contributed by atoms with Crippen molar-refractivity contribution in [2.24, 2.45) is 0 Å². The number of thiophene rings is 1. The van der Waals surface area contributed by atoms with Crippen molar-refractivity contribution < 1.29 is 14.3 Å². The number of H-pyrrole nitrogens is 1. The molecule has 2 N–H and O–H groups in total. The van der Waals surface area contributed by atoms with E-state index < -0.39 is 0 Å². The molecule has 0 aliphatic rings. The van der Waals surface area contributed by atoms with Crippen LogP contribution in [-0.4, -0.2) is 48.6 Å². The quantitative estimate of drug-likeness (QED) is 0.412. The fraction of sp³-hybridized carbons (Fsp3) is 0.208. The second-order valence-electron chi connectivity index (χ2n) is 7.52. The molecule has 9 heteroatoms. The van der Waals surface area contributed by atoms with Gasteiger partial charge in [-0.25, -0.2) is 4.98 Å². The smallest absolute Gasteiger partial charge is 0.268 e. The number of carbonyl (C=O) groups excluding carboxylic acids is 1. The fourth-order valence-corrected chi connectivity index (χ4v) is 4.42. The Bertz CT molecular complexity index is 1330. The number of rotatable bonds is 8. The molecule has 0 bridgehead atoms. The number of aromatic nitrogens is 2. The van der Waals surface area contributed by atoms with Crippen molar-refractivity contribution in [2.45, 2.75) is 6.54 Å². The van der Waals surface area contributed by atoms with E-state index in [4.69, 9.17) is 9.47 Å². The first-order valence-electron chi connectivity index (χ1n) is 10.2. The summed E-state index contributed by atoms with van der Waals surface area (Å²) in [4.78, 5) is 35.2. The van der Waals surface area contributed by atoms with Gasteiger partial charge in [0, 0.05) is 16.6 Å². The van der Waals surface area contributed by atoms with Crippen molar-refractivity contribution in [3.8, 4) is 21.9 Å². The van der Waals surface area contributed by atoms with Gasteiger partial charge in [0.2, 0.25) is 5.91 Å². The largest absolute Gasteiger partial charge is 0.497 e.